The molecular weight excluding hydrogens is 347 g/mol. The third kappa shape index (κ3) is 2.85. The average molecular weight is 366 g/mol. The van der Waals surface area contributed by atoms with Gasteiger partial charge in [-0.3, -0.25) is 14.5 Å². The molecule has 0 aliphatic carbocycles. The van der Waals surface area contributed by atoms with Gasteiger partial charge < -0.3 is 9.64 Å². The molecule has 138 valence electrons. The van der Waals surface area contributed by atoms with Gasteiger partial charge in [-0.25, -0.2) is 4.39 Å². The lowest BCUT2D eigenvalue weighted by Gasteiger charge is -2.32. The van der Waals surface area contributed by atoms with Crippen LogP contribution in [0.15, 0.2) is 42.7 Å². The topological polar surface area (TPSA) is 60.2 Å². The molecule has 6 nitrogen and oxygen atoms in total. The smallest absolute Gasteiger partial charge is 0.277 e. The number of pyridine rings is 1. The van der Waals surface area contributed by atoms with Crippen LogP contribution in [0.2, 0.25) is 0 Å². The Kier molecular flexibility index (Phi) is 4.14. The molecule has 1 aromatic carbocycles. The maximum Gasteiger partial charge on any atom is 0.277 e. The number of nitrogens with zero attached hydrogens (tertiary/aromatic N) is 4. The molecule has 4 rings (SSSR count). The Labute approximate surface area is 156 Å². The van der Waals surface area contributed by atoms with E-state index in [9.17, 15) is 9.18 Å². The van der Waals surface area contributed by atoms with E-state index in [1.165, 1.54) is 19.2 Å². The number of amides is 1. The summed E-state index contributed by atoms with van der Waals surface area (Å²) in [6.07, 6.45) is 3.42. The van der Waals surface area contributed by atoms with Crippen molar-refractivity contribution < 1.29 is 13.9 Å². The molecule has 1 atom stereocenters. The first-order valence-corrected chi connectivity index (χ1v) is 8.65. The minimum atomic E-state index is -0.500. The molecule has 0 fully saturated rings. The van der Waals surface area contributed by atoms with E-state index in [4.69, 9.17) is 4.74 Å². The number of aromatic nitrogens is 3. The number of halogens is 1. The van der Waals surface area contributed by atoms with Crippen LogP contribution >= 0.6 is 0 Å². The molecule has 0 bridgehead atoms. The van der Waals surface area contributed by atoms with Gasteiger partial charge in [0, 0.05) is 35.8 Å². The van der Waals surface area contributed by atoms with Crippen LogP contribution in [0.4, 0.5) is 10.1 Å². The second-order valence-corrected chi connectivity index (χ2v) is 6.62. The van der Waals surface area contributed by atoms with Gasteiger partial charge in [0.15, 0.2) is 11.6 Å². The van der Waals surface area contributed by atoms with E-state index in [0.29, 0.717) is 17.9 Å². The molecule has 1 aliphatic heterocycles. The van der Waals surface area contributed by atoms with E-state index < -0.39 is 5.82 Å². The number of hydrogen-bond donors (Lipinski definition) is 0. The van der Waals surface area contributed by atoms with Gasteiger partial charge in [0.05, 0.1) is 19.3 Å². The van der Waals surface area contributed by atoms with E-state index in [1.54, 1.807) is 28.0 Å². The third-order valence-electron chi connectivity index (χ3n) is 4.76. The van der Waals surface area contributed by atoms with Crippen molar-refractivity contribution in [1.82, 2.24) is 14.8 Å². The first-order valence-electron chi connectivity index (χ1n) is 8.65. The third-order valence-corrected chi connectivity index (χ3v) is 4.76. The van der Waals surface area contributed by atoms with E-state index >= 15 is 0 Å². The molecule has 27 heavy (non-hydrogen) atoms. The standard InChI is InChI=1S/C20H19FN4O2/c1-12-8-14(6-7-22-12)16-10-23-25-13(2)11-24(20(26)19(16)25)15-4-5-18(27-3)17(21)9-15/h4-10,13H,11H2,1-3H3. The Morgan fingerprint density at radius 3 is 2.78 bits per heavy atom. The van der Waals surface area contributed by atoms with Crippen LogP contribution in [0.3, 0.4) is 0 Å². The number of methoxy groups -OCH3 is 1. The average Bonchev–Trinajstić information content (AvgIpc) is 3.11. The van der Waals surface area contributed by atoms with Crippen LogP contribution in [-0.2, 0) is 0 Å². The first-order chi connectivity index (χ1) is 13.0. The SMILES string of the molecule is COc1ccc(N2CC(C)n3ncc(-c4ccnc(C)c4)c3C2=O)cc1F. The first kappa shape index (κ1) is 17.2. The normalized spacial score (nSPS) is 16.4. The number of benzene rings is 1. The maximum atomic E-state index is 14.2. The van der Waals surface area contributed by atoms with E-state index in [2.05, 4.69) is 10.1 Å². The summed E-state index contributed by atoms with van der Waals surface area (Å²) in [6, 6.07) is 8.28. The van der Waals surface area contributed by atoms with E-state index in [-0.39, 0.29) is 17.7 Å². The van der Waals surface area contributed by atoms with Crippen molar-refractivity contribution in [3.8, 4) is 16.9 Å². The number of hydrogen-bond acceptors (Lipinski definition) is 4. The Hall–Kier alpha value is -3.22. The van der Waals surface area contributed by atoms with Crippen LogP contribution in [0.5, 0.6) is 5.75 Å². The molecule has 3 heterocycles. The largest absolute Gasteiger partial charge is 0.494 e. The van der Waals surface area contributed by atoms with Gasteiger partial charge in [-0.2, -0.15) is 5.10 Å². The van der Waals surface area contributed by atoms with Crippen molar-refractivity contribution in [3.05, 3.63) is 59.9 Å². The molecule has 1 unspecified atom stereocenters. The van der Waals surface area contributed by atoms with Crippen molar-refractivity contribution in [2.24, 2.45) is 0 Å². The van der Waals surface area contributed by atoms with Gasteiger partial charge in [-0.1, -0.05) is 0 Å². The number of anilines is 1. The molecule has 0 saturated carbocycles. The predicted octanol–water partition coefficient (Wildman–Crippen LogP) is 3.62. The lowest BCUT2D eigenvalue weighted by atomic mass is 10.0. The summed E-state index contributed by atoms with van der Waals surface area (Å²) in [5.74, 6) is -0.562. The van der Waals surface area contributed by atoms with Crippen LogP contribution in [0.1, 0.15) is 29.1 Å². The molecule has 7 heteroatoms. The van der Waals surface area contributed by atoms with Crippen molar-refractivity contribution in [2.75, 3.05) is 18.6 Å². The van der Waals surface area contributed by atoms with Crippen molar-refractivity contribution in [2.45, 2.75) is 19.9 Å². The fourth-order valence-electron chi connectivity index (χ4n) is 3.43. The Bertz CT molecular complexity index is 1030. The van der Waals surface area contributed by atoms with E-state index in [1.807, 2.05) is 26.0 Å². The van der Waals surface area contributed by atoms with Gasteiger partial charge in [0.1, 0.15) is 5.69 Å². The summed E-state index contributed by atoms with van der Waals surface area (Å²) >= 11 is 0. The van der Waals surface area contributed by atoms with Gasteiger partial charge in [-0.15, -0.1) is 0 Å². The van der Waals surface area contributed by atoms with Crippen LogP contribution in [-0.4, -0.2) is 34.3 Å². The summed E-state index contributed by atoms with van der Waals surface area (Å²) in [4.78, 5) is 19.1. The molecule has 1 amide bonds. The fourth-order valence-corrected chi connectivity index (χ4v) is 3.43. The van der Waals surface area contributed by atoms with Crippen LogP contribution < -0.4 is 9.64 Å². The molecule has 2 aromatic heterocycles. The summed E-state index contributed by atoms with van der Waals surface area (Å²) in [6.45, 7) is 4.29. The minimum Gasteiger partial charge on any atom is -0.494 e. The highest BCUT2D eigenvalue weighted by Gasteiger charge is 2.34. The Morgan fingerprint density at radius 2 is 2.07 bits per heavy atom. The van der Waals surface area contributed by atoms with Gasteiger partial charge >= 0.3 is 0 Å². The van der Waals surface area contributed by atoms with Gasteiger partial charge in [-0.05, 0) is 43.7 Å². The number of carbonyl (C=O) groups excluding carboxylic acids is 1. The summed E-state index contributed by atoms with van der Waals surface area (Å²) in [5, 5.41) is 4.42. The molecule has 3 aromatic rings. The van der Waals surface area contributed by atoms with Crippen LogP contribution in [0, 0.1) is 12.7 Å². The number of carbonyl (C=O) groups is 1. The maximum absolute atomic E-state index is 14.2. The van der Waals surface area contributed by atoms with Crippen molar-refractivity contribution >= 4 is 11.6 Å². The predicted molar refractivity (Wildman–Crippen MR) is 99.5 cm³/mol. The summed E-state index contributed by atoms with van der Waals surface area (Å²) in [7, 11) is 1.41. The minimum absolute atomic E-state index is 0.0421. The van der Waals surface area contributed by atoms with E-state index in [0.717, 1.165) is 16.8 Å². The zero-order valence-corrected chi connectivity index (χ0v) is 15.3. The number of rotatable bonds is 3. The van der Waals surface area contributed by atoms with Gasteiger partial charge in [0.2, 0.25) is 0 Å². The number of aryl methyl sites for hydroxylation is 1. The molecule has 1 aliphatic rings. The molecule has 0 spiro atoms. The lowest BCUT2D eigenvalue weighted by Crippen LogP contribution is -2.42. The quantitative estimate of drug-likeness (QED) is 0.710. The Morgan fingerprint density at radius 1 is 1.26 bits per heavy atom. The highest BCUT2D eigenvalue weighted by molar-refractivity contribution is 6.09. The van der Waals surface area contributed by atoms with Crippen molar-refractivity contribution in [3.63, 3.8) is 0 Å². The number of fused-ring (bicyclic) bond motifs is 1. The Balaban J connectivity index is 1.79. The lowest BCUT2D eigenvalue weighted by molar-refractivity contribution is 0.0954. The zero-order chi connectivity index (χ0) is 19.1. The van der Waals surface area contributed by atoms with Crippen LogP contribution in [0.25, 0.3) is 11.1 Å². The second-order valence-electron chi connectivity index (χ2n) is 6.62. The van der Waals surface area contributed by atoms with Crippen molar-refractivity contribution in [1.29, 1.82) is 0 Å². The molecule has 0 N–H and O–H groups in total. The molecule has 0 radical (unpaired) electrons. The highest BCUT2D eigenvalue weighted by atomic mass is 19.1. The molecule has 0 saturated heterocycles. The monoisotopic (exact) mass is 366 g/mol. The fraction of sp³-hybridized carbons (Fsp3) is 0.250. The second kappa shape index (κ2) is 6.50. The number of ether oxygens (including phenoxy) is 1. The highest BCUT2D eigenvalue weighted by Crippen LogP contribution is 2.33. The summed E-state index contributed by atoms with van der Waals surface area (Å²) in [5.41, 5.74) is 3.48. The molecular formula is C20H19FN4O2. The summed E-state index contributed by atoms with van der Waals surface area (Å²) < 4.78 is 20.9. The zero-order valence-electron chi connectivity index (χ0n) is 15.3. The van der Waals surface area contributed by atoms with Gasteiger partial charge in [0.25, 0.3) is 5.91 Å².